The van der Waals surface area contributed by atoms with Gasteiger partial charge in [-0.1, -0.05) is 24.3 Å². The lowest BCUT2D eigenvalue weighted by Gasteiger charge is -2.15. The minimum absolute atomic E-state index is 0.0193. The lowest BCUT2D eigenvalue weighted by atomic mass is 10.1. The molecule has 7 nitrogen and oxygen atoms in total. The Kier molecular flexibility index (Phi) is 8.33. The molecule has 0 saturated carbocycles. The summed E-state index contributed by atoms with van der Waals surface area (Å²) in [7, 11) is 6.81. The number of hydrogen-bond acceptors (Lipinski definition) is 4. The third kappa shape index (κ3) is 7.03. The second-order valence-corrected chi connectivity index (χ2v) is 6.82. The number of nitrogens with one attached hydrogen (secondary N) is 2. The van der Waals surface area contributed by atoms with Crippen LogP contribution in [0.3, 0.4) is 0 Å². The fraction of sp³-hybridized carbons (Fsp3) is 0.364. The van der Waals surface area contributed by atoms with Crippen LogP contribution >= 0.6 is 0 Å². The summed E-state index contributed by atoms with van der Waals surface area (Å²) >= 11 is 0. The number of aryl methyl sites for hydroxylation is 1. The van der Waals surface area contributed by atoms with Crippen LogP contribution in [0.5, 0.6) is 11.5 Å². The van der Waals surface area contributed by atoms with Crippen molar-refractivity contribution in [2.45, 2.75) is 20.0 Å². The van der Waals surface area contributed by atoms with Gasteiger partial charge in [0, 0.05) is 39.8 Å². The van der Waals surface area contributed by atoms with E-state index >= 15 is 0 Å². The number of aliphatic imine (C=N–C) groups is 1. The molecule has 0 aliphatic carbocycles. The quantitative estimate of drug-likeness (QED) is 0.527. The van der Waals surface area contributed by atoms with E-state index in [-0.39, 0.29) is 12.5 Å². The molecule has 0 aliphatic heterocycles. The Morgan fingerprint density at radius 2 is 1.86 bits per heavy atom. The first-order valence-electron chi connectivity index (χ1n) is 9.43. The molecule has 0 spiro atoms. The Morgan fingerprint density at radius 3 is 2.55 bits per heavy atom. The topological polar surface area (TPSA) is 75.2 Å². The van der Waals surface area contributed by atoms with E-state index in [9.17, 15) is 4.79 Å². The summed E-state index contributed by atoms with van der Waals surface area (Å²) in [5.41, 5.74) is 3.24. The largest absolute Gasteiger partial charge is 0.496 e. The maximum absolute atomic E-state index is 11.7. The van der Waals surface area contributed by atoms with Gasteiger partial charge in [0.1, 0.15) is 11.5 Å². The third-order valence-electron chi connectivity index (χ3n) is 4.33. The Balaban J connectivity index is 1.89. The lowest BCUT2D eigenvalue weighted by Crippen LogP contribution is -2.36. The van der Waals surface area contributed by atoms with Gasteiger partial charge in [-0.15, -0.1) is 0 Å². The van der Waals surface area contributed by atoms with E-state index in [1.807, 2.05) is 43.3 Å². The second kappa shape index (κ2) is 10.9. The average molecular weight is 399 g/mol. The fourth-order valence-corrected chi connectivity index (χ4v) is 2.60. The Hall–Kier alpha value is -3.22. The summed E-state index contributed by atoms with van der Waals surface area (Å²) in [6.07, 6.45) is 0. The molecule has 0 fully saturated rings. The van der Waals surface area contributed by atoms with Gasteiger partial charge in [-0.3, -0.25) is 9.79 Å². The van der Waals surface area contributed by atoms with Crippen molar-refractivity contribution in [1.82, 2.24) is 15.5 Å². The number of ether oxygens (including phenoxy) is 2. The fourth-order valence-electron chi connectivity index (χ4n) is 2.60. The van der Waals surface area contributed by atoms with Crippen molar-refractivity contribution >= 4 is 11.9 Å². The highest BCUT2D eigenvalue weighted by Crippen LogP contribution is 2.19. The number of guanidine groups is 1. The standard InChI is InChI=1S/C22H30N4O3/c1-16-9-10-18(20(11-16)28-5)14-25-22(23-2)24-13-17-7-6-8-19(12-17)29-15-21(27)26(3)4/h6-12H,13-15H2,1-5H3,(H2,23,24,25). The number of nitrogens with zero attached hydrogens (tertiary/aromatic N) is 2. The lowest BCUT2D eigenvalue weighted by molar-refractivity contribution is -0.130. The molecule has 0 aromatic heterocycles. The molecule has 156 valence electrons. The first-order chi connectivity index (χ1) is 13.9. The summed E-state index contributed by atoms with van der Waals surface area (Å²) in [5.74, 6) is 2.11. The van der Waals surface area contributed by atoms with Gasteiger partial charge in [0.15, 0.2) is 12.6 Å². The van der Waals surface area contributed by atoms with Gasteiger partial charge in [0.05, 0.1) is 7.11 Å². The van der Waals surface area contributed by atoms with Crippen molar-refractivity contribution in [2.24, 2.45) is 4.99 Å². The summed E-state index contributed by atoms with van der Waals surface area (Å²) in [4.78, 5) is 17.4. The second-order valence-electron chi connectivity index (χ2n) is 6.82. The summed E-state index contributed by atoms with van der Waals surface area (Å²) in [5, 5.41) is 6.58. The average Bonchev–Trinajstić information content (AvgIpc) is 2.73. The van der Waals surface area contributed by atoms with Crippen molar-refractivity contribution in [3.05, 3.63) is 59.2 Å². The molecule has 2 aromatic rings. The first-order valence-corrected chi connectivity index (χ1v) is 9.43. The van der Waals surface area contributed by atoms with Crippen molar-refractivity contribution < 1.29 is 14.3 Å². The van der Waals surface area contributed by atoms with Gasteiger partial charge in [-0.05, 0) is 36.2 Å². The molecular weight excluding hydrogens is 368 g/mol. The highest BCUT2D eigenvalue weighted by molar-refractivity contribution is 5.79. The van der Waals surface area contributed by atoms with Gasteiger partial charge >= 0.3 is 0 Å². The number of amides is 1. The van der Waals surface area contributed by atoms with Crippen LogP contribution in [0.1, 0.15) is 16.7 Å². The normalized spacial score (nSPS) is 11.0. The zero-order chi connectivity index (χ0) is 21.2. The number of benzene rings is 2. The van der Waals surface area contributed by atoms with Gasteiger partial charge in [0.2, 0.25) is 0 Å². The molecule has 1 amide bonds. The number of likely N-dealkylation sites (N-methyl/N-ethyl adjacent to an activating group) is 1. The highest BCUT2D eigenvalue weighted by atomic mass is 16.5. The monoisotopic (exact) mass is 398 g/mol. The van der Waals surface area contributed by atoms with Crippen molar-refractivity contribution in [3.63, 3.8) is 0 Å². The zero-order valence-electron chi connectivity index (χ0n) is 17.8. The molecule has 0 unspecified atom stereocenters. The molecule has 29 heavy (non-hydrogen) atoms. The van der Waals surface area contributed by atoms with Crippen LogP contribution in [0, 0.1) is 6.92 Å². The minimum Gasteiger partial charge on any atom is -0.496 e. The van der Waals surface area contributed by atoms with Gasteiger partial charge in [-0.25, -0.2) is 0 Å². The Morgan fingerprint density at radius 1 is 1.10 bits per heavy atom. The van der Waals surface area contributed by atoms with Crippen LogP contribution in [0.2, 0.25) is 0 Å². The highest BCUT2D eigenvalue weighted by Gasteiger charge is 2.07. The number of carbonyl (C=O) groups is 1. The number of rotatable bonds is 8. The molecular formula is C22H30N4O3. The molecule has 7 heteroatoms. The number of carbonyl (C=O) groups excluding carboxylic acids is 1. The maximum atomic E-state index is 11.7. The minimum atomic E-state index is -0.0790. The van der Waals surface area contributed by atoms with Gasteiger partial charge in [0.25, 0.3) is 5.91 Å². The van der Waals surface area contributed by atoms with Crippen LogP contribution in [0.25, 0.3) is 0 Å². The maximum Gasteiger partial charge on any atom is 0.259 e. The molecule has 0 saturated heterocycles. The van der Waals surface area contributed by atoms with Crippen molar-refractivity contribution in [1.29, 1.82) is 0 Å². The van der Waals surface area contributed by atoms with Crippen molar-refractivity contribution in [2.75, 3.05) is 34.9 Å². The predicted molar refractivity (Wildman–Crippen MR) is 115 cm³/mol. The number of hydrogen-bond donors (Lipinski definition) is 2. The van der Waals surface area contributed by atoms with Crippen LogP contribution < -0.4 is 20.1 Å². The molecule has 0 heterocycles. The molecule has 2 aromatic carbocycles. The SMILES string of the molecule is CN=C(NCc1cccc(OCC(=O)N(C)C)c1)NCc1ccc(C)cc1OC. The van der Waals surface area contributed by atoms with Crippen LogP contribution in [0.4, 0.5) is 0 Å². The molecule has 0 atom stereocenters. The summed E-state index contributed by atoms with van der Waals surface area (Å²) in [6, 6.07) is 13.8. The van der Waals surface area contributed by atoms with Gasteiger partial charge < -0.3 is 25.0 Å². The Bertz CT molecular complexity index is 850. The van der Waals surface area contributed by atoms with E-state index in [0.29, 0.717) is 24.8 Å². The van der Waals surface area contributed by atoms with Crippen LogP contribution in [0.15, 0.2) is 47.5 Å². The number of methoxy groups -OCH3 is 1. The van der Waals surface area contributed by atoms with E-state index in [1.165, 1.54) is 4.90 Å². The zero-order valence-corrected chi connectivity index (χ0v) is 17.8. The molecule has 0 bridgehead atoms. The van der Waals surface area contributed by atoms with E-state index < -0.39 is 0 Å². The predicted octanol–water partition coefficient (Wildman–Crippen LogP) is 2.34. The van der Waals surface area contributed by atoms with E-state index in [4.69, 9.17) is 9.47 Å². The molecule has 0 radical (unpaired) electrons. The summed E-state index contributed by atoms with van der Waals surface area (Å²) < 4.78 is 11.0. The smallest absolute Gasteiger partial charge is 0.259 e. The van der Waals surface area contributed by atoms with E-state index in [0.717, 1.165) is 22.4 Å². The molecule has 0 aliphatic rings. The molecule has 2 N–H and O–H groups in total. The third-order valence-corrected chi connectivity index (χ3v) is 4.33. The van der Waals surface area contributed by atoms with Crippen LogP contribution in [-0.2, 0) is 17.9 Å². The van der Waals surface area contributed by atoms with E-state index in [1.54, 1.807) is 28.3 Å². The van der Waals surface area contributed by atoms with Gasteiger partial charge in [-0.2, -0.15) is 0 Å². The van der Waals surface area contributed by atoms with E-state index in [2.05, 4.69) is 21.7 Å². The van der Waals surface area contributed by atoms with Crippen LogP contribution in [-0.4, -0.2) is 51.6 Å². The van der Waals surface area contributed by atoms with Crippen molar-refractivity contribution in [3.8, 4) is 11.5 Å². The first kappa shape index (κ1) is 22.1. The Labute approximate surface area is 172 Å². The molecule has 2 rings (SSSR count). The summed E-state index contributed by atoms with van der Waals surface area (Å²) in [6.45, 7) is 3.22.